The van der Waals surface area contributed by atoms with Crippen LogP contribution in [0.25, 0.3) is 0 Å². The summed E-state index contributed by atoms with van der Waals surface area (Å²) in [5, 5.41) is 10.4. The SMILES string of the molecule is C[C@]12CC[C@H]3[C@@H](CC[C@]45O[C@@H]4C(=O)C=C[C@H]35)[C@@H]1CC[C@@H]2O. The van der Waals surface area contributed by atoms with Gasteiger partial charge in [-0.1, -0.05) is 13.0 Å². The van der Waals surface area contributed by atoms with Gasteiger partial charge in [-0.3, -0.25) is 4.79 Å². The largest absolute Gasteiger partial charge is 0.393 e. The predicted molar refractivity (Wildman–Crippen MR) is 77.5 cm³/mol. The van der Waals surface area contributed by atoms with Gasteiger partial charge in [0.2, 0.25) is 0 Å². The number of carbonyl (C=O) groups is 1. The van der Waals surface area contributed by atoms with Crippen LogP contribution >= 0.6 is 0 Å². The fourth-order valence-corrected chi connectivity index (χ4v) is 6.59. The molecule has 1 saturated heterocycles. The summed E-state index contributed by atoms with van der Waals surface area (Å²) in [4.78, 5) is 11.9. The zero-order chi connectivity index (χ0) is 14.4. The summed E-state index contributed by atoms with van der Waals surface area (Å²) in [6, 6.07) is 0. The highest BCUT2D eigenvalue weighted by molar-refractivity contribution is 5.98. The van der Waals surface area contributed by atoms with Gasteiger partial charge in [-0.25, -0.2) is 0 Å². The van der Waals surface area contributed by atoms with E-state index in [9.17, 15) is 9.90 Å². The van der Waals surface area contributed by atoms with Gasteiger partial charge in [0.15, 0.2) is 11.9 Å². The monoisotopic (exact) mass is 288 g/mol. The Bertz CT molecular complexity index is 541. The lowest BCUT2D eigenvalue weighted by molar-refractivity contribution is -0.116. The zero-order valence-corrected chi connectivity index (χ0v) is 12.6. The fourth-order valence-electron chi connectivity index (χ4n) is 6.59. The van der Waals surface area contributed by atoms with E-state index in [0.717, 1.165) is 25.2 Å². The molecule has 3 nitrogen and oxygen atoms in total. The van der Waals surface area contributed by atoms with Gasteiger partial charge in [-0.15, -0.1) is 0 Å². The fraction of sp³-hybridized carbons (Fsp3) is 0.833. The second kappa shape index (κ2) is 3.80. The third-order valence-electron chi connectivity index (χ3n) is 7.79. The molecule has 4 aliphatic carbocycles. The number of aliphatic hydroxyl groups excluding tert-OH is 1. The van der Waals surface area contributed by atoms with Gasteiger partial charge in [0.05, 0.1) is 6.10 Å². The number of ether oxygens (including phenoxy) is 1. The maximum absolute atomic E-state index is 11.9. The molecule has 0 aromatic rings. The van der Waals surface area contributed by atoms with E-state index in [2.05, 4.69) is 13.0 Å². The van der Waals surface area contributed by atoms with E-state index in [1.165, 1.54) is 19.3 Å². The van der Waals surface area contributed by atoms with Gasteiger partial charge in [-0.05, 0) is 67.8 Å². The molecule has 0 bridgehead atoms. The van der Waals surface area contributed by atoms with Crippen molar-refractivity contribution in [3.8, 4) is 0 Å². The van der Waals surface area contributed by atoms with Crippen molar-refractivity contribution in [3.05, 3.63) is 12.2 Å². The Morgan fingerprint density at radius 3 is 2.86 bits per heavy atom. The van der Waals surface area contributed by atoms with Crippen LogP contribution in [0.1, 0.15) is 45.4 Å². The quantitative estimate of drug-likeness (QED) is 0.697. The topological polar surface area (TPSA) is 49.8 Å². The molecule has 21 heavy (non-hydrogen) atoms. The second-order valence-corrected chi connectivity index (χ2v) is 8.35. The summed E-state index contributed by atoms with van der Waals surface area (Å²) in [7, 11) is 0. The van der Waals surface area contributed by atoms with Crippen LogP contribution in [0.5, 0.6) is 0 Å². The van der Waals surface area contributed by atoms with E-state index in [4.69, 9.17) is 4.74 Å². The van der Waals surface area contributed by atoms with Crippen molar-refractivity contribution >= 4 is 5.78 Å². The first kappa shape index (κ1) is 12.8. The number of carbonyl (C=O) groups excluding carboxylic acids is 1. The minimum atomic E-state index is -0.129. The highest BCUT2D eigenvalue weighted by Gasteiger charge is 2.70. The molecule has 1 spiro atoms. The molecular formula is C18H24O3. The van der Waals surface area contributed by atoms with Crippen LogP contribution < -0.4 is 0 Å². The molecular weight excluding hydrogens is 264 g/mol. The maximum atomic E-state index is 11.9. The summed E-state index contributed by atoms with van der Waals surface area (Å²) in [6.07, 6.45) is 10.4. The molecule has 3 saturated carbocycles. The Morgan fingerprint density at radius 1 is 1.19 bits per heavy atom. The van der Waals surface area contributed by atoms with Crippen molar-refractivity contribution in [3.63, 3.8) is 0 Å². The molecule has 8 atom stereocenters. The standard InChI is InChI=1S/C18H24O3/c1-17-8-6-11-10(12(17)3-5-15(17)20)7-9-18-13(11)2-4-14(19)16(18)21-18/h2,4,10-13,15-16,20H,3,5-9H2,1H3/t10-,11+,12+,13-,15+,16-,17+,18-/m1/s1. The summed E-state index contributed by atoms with van der Waals surface area (Å²) >= 11 is 0. The summed E-state index contributed by atoms with van der Waals surface area (Å²) < 4.78 is 5.93. The molecule has 0 aromatic carbocycles. The van der Waals surface area contributed by atoms with Crippen molar-refractivity contribution in [1.29, 1.82) is 0 Å². The Morgan fingerprint density at radius 2 is 2.00 bits per heavy atom. The van der Waals surface area contributed by atoms with Crippen molar-refractivity contribution in [1.82, 2.24) is 0 Å². The lowest BCUT2D eigenvalue weighted by atomic mass is 9.51. The third-order valence-corrected chi connectivity index (χ3v) is 7.79. The molecule has 0 radical (unpaired) electrons. The van der Waals surface area contributed by atoms with Gasteiger partial charge in [0.25, 0.3) is 0 Å². The Kier molecular flexibility index (Phi) is 2.32. The highest BCUT2D eigenvalue weighted by atomic mass is 16.6. The second-order valence-electron chi connectivity index (χ2n) is 8.35. The summed E-state index contributed by atoms with van der Waals surface area (Å²) in [6.45, 7) is 2.31. The molecule has 5 aliphatic rings. The number of rotatable bonds is 0. The van der Waals surface area contributed by atoms with Gasteiger partial charge in [0.1, 0.15) is 5.60 Å². The van der Waals surface area contributed by atoms with E-state index >= 15 is 0 Å². The predicted octanol–water partition coefficient (Wildman–Crippen LogP) is 2.48. The zero-order valence-electron chi connectivity index (χ0n) is 12.6. The molecule has 1 heterocycles. The van der Waals surface area contributed by atoms with Crippen LogP contribution in [0.3, 0.4) is 0 Å². The van der Waals surface area contributed by atoms with E-state index in [1.54, 1.807) is 6.08 Å². The molecule has 0 unspecified atom stereocenters. The molecule has 4 fully saturated rings. The van der Waals surface area contributed by atoms with E-state index in [-0.39, 0.29) is 29.0 Å². The molecule has 1 N–H and O–H groups in total. The average Bonchev–Trinajstić information content (AvgIpc) is 3.13. The molecule has 3 heteroatoms. The van der Waals surface area contributed by atoms with Crippen molar-refractivity contribution in [2.45, 2.75) is 63.3 Å². The third kappa shape index (κ3) is 1.40. The number of hydrogen-bond donors (Lipinski definition) is 1. The molecule has 0 aromatic heterocycles. The van der Waals surface area contributed by atoms with Crippen LogP contribution in [-0.4, -0.2) is 28.7 Å². The van der Waals surface area contributed by atoms with Crippen molar-refractivity contribution in [2.75, 3.05) is 0 Å². The van der Waals surface area contributed by atoms with Crippen molar-refractivity contribution < 1.29 is 14.6 Å². The first-order valence-electron chi connectivity index (χ1n) is 8.64. The minimum absolute atomic E-state index is 0.104. The molecule has 0 amide bonds. The van der Waals surface area contributed by atoms with Crippen LogP contribution in [0.15, 0.2) is 12.2 Å². The van der Waals surface area contributed by atoms with Gasteiger partial charge >= 0.3 is 0 Å². The Balaban J connectivity index is 1.50. The number of ketones is 1. The summed E-state index contributed by atoms with van der Waals surface area (Å²) in [5.41, 5.74) is 0.0155. The van der Waals surface area contributed by atoms with Gasteiger partial charge < -0.3 is 9.84 Å². The lowest BCUT2D eigenvalue weighted by Crippen LogP contribution is -2.51. The lowest BCUT2D eigenvalue weighted by Gasteiger charge is -2.53. The van der Waals surface area contributed by atoms with Crippen LogP contribution in [0.2, 0.25) is 0 Å². The van der Waals surface area contributed by atoms with E-state index in [0.29, 0.717) is 17.8 Å². The first-order chi connectivity index (χ1) is 10.1. The average molecular weight is 288 g/mol. The number of epoxide rings is 1. The maximum Gasteiger partial charge on any atom is 0.187 e. The number of aliphatic hydroxyl groups is 1. The molecule has 5 rings (SSSR count). The highest BCUT2D eigenvalue weighted by Crippen LogP contribution is 2.66. The Hall–Kier alpha value is -0.670. The van der Waals surface area contributed by atoms with E-state index < -0.39 is 0 Å². The van der Waals surface area contributed by atoms with Gasteiger partial charge in [-0.2, -0.15) is 0 Å². The first-order valence-corrected chi connectivity index (χ1v) is 8.64. The smallest absolute Gasteiger partial charge is 0.187 e. The molecule has 1 aliphatic heterocycles. The van der Waals surface area contributed by atoms with Crippen LogP contribution in [0.4, 0.5) is 0 Å². The van der Waals surface area contributed by atoms with Gasteiger partial charge in [0, 0.05) is 5.92 Å². The number of hydrogen-bond acceptors (Lipinski definition) is 3. The van der Waals surface area contributed by atoms with E-state index in [1.807, 2.05) is 0 Å². The van der Waals surface area contributed by atoms with Crippen LogP contribution in [-0.2, 0) is 9.53 Å². The normalized spacial score (nSPS) is 60.8. The summed E-state index contributed by atoms with van der Waals surface area (Å²) in [5.74, 6) is 2.69. The Labute approximate surface area is 125 Å². The van der Waals surface area contributed by atoms with Crippen LogP contribution in [0, 0.1) is 29.1 Å². The molecule has 114 valence electrons. The minimum Gasteiger partial charge on any atom is -0.393 e. The van der Waals surface area contributed by atoms with Crippen molar-refractivity contribution in [2.24, 2.45) is 29.1 Å². The number of fused-ring (bicyclic) bond motifs is 4.